The number of hydrogen-bond donors (Lipinski definition) is 2. The number of carbonyl (C=O) groups is 2. The van der Waals surface area contributed by atoms with Gasteiger partial charge in [0.25, 0.3) is 5.91 Å². The zero-order valence-corrected chi connectivity index (χ0v) is 20.1. The van der Waals surface area contributed by atoms with Crippen LogP contribution >= 0.6 is 11.3 Å². The highest BCUT2D eigenvalue weighted by Crippen LogP contribution is 2.45. The number of ether oxygens (including phenoxy) is 1. The normalized spacial score (nSPS) is 17.8. The Morgan fingerprint density at radius 1 is 1.32 bits per heavy atom. The van der Waals surface area contributed by atoms with Crippen molar-refractivity contribution >= 4 is 28.2 Å². The van der Waals surface area contributed by atoms with Gasteiger partial charge in [0.05, 0.1) is 18.4 Å². The van der Waals surface area contributed by atoms with Gasteiger partial charge in [0, 0.05) is 4.88 Å². The summed E-state index contributed by atoms with van der Waals surface area (Å²) in [4.78, 5) is 26.1. The fourth-order valence-electron chi connectivity index (χ4n) is 3.97. The largest absolute Gasteiger partial charge is 0.463 e. The van der Waals surface area contributed by atoms with E-state index in [0.717, 1.165) is 28.9 Å². The Balaban J connectivity index is 2.08. The van der Waals surface area contributed by atoms with Gasteiger partial charge in [0.1, 0.15) is 11.1 Å². The van der Waals surface area contributed by atoms with Crippen LogP contribution < -0.4 is 10.6 Å². The average molecular weight is 498 g/mol. The number of furan rings is 1. The number of hydrogen-bond acceptors (Lipinski definition) is 7. The van der Waals surface area contributed by atoms with Crippen LogP contribution in [-0.2, 0) is 22.4 Å². The van der Waals surface area contributed by atoms with Crippen molar-refractivity contribution in [2.75, 3.05) is 11.9 Å². The lowest BCUT2D eigenvalue weighted by Crippen LogP contribution is -2.69. The predicted molar refractivity (Wildman–Crippen MR) is 119 cm³/mol. The summed E-state index contributed by atoms with van der Waals surface area (Å²) < 4.78 is 53.1. The molecule has 2 atom stereocenters. The molecule has 1 aliphatic rings. The van der Waals surface area contributed by atoms with Gasteiger partial charge in [-0.25, -0.2) is 4.79 Å². The van der Waals surface area contributed by atoms with Crippen LogP contribution in [0.4, 0.5) is 18.2 Å². The van der Waals surface area contributed by atoms with Gasteiger partial charge in [-0.15, -0.1) is 11.3 Å². The van der Waals surface area contributed by atoms with E-state index < -0.39 is 29.5 Å². The third-order valence-corrected chi connectivity index (χ3v) is 7.13. The molecule has 11 heteroatoms. The molecule has 0 aromatic carbocycles. The summed E-state index contributed by atoms with van der Waals surface area (Å²) in [5, 5.41) is 13.5. The maximum atomic E-state index is 14.5. The lowest BCUT2D eigenvalue weighted by atomic mass is 9.72. The number of rotatable bonds is 6. The van der Waals surface area contributed by atoms with Crippen LogP contribution in [0.15, 0.2) is 22.8 Å². The number of thiophene rings is 1. The van der Waals surface area contributed by atoms with E-state index in [1.165, 1.54) is 19.1 Å². The molecule has 0 bridgehead atoms. The Bertz CT molecular complexity index is 1100. The number of nitrogens with zero attached hydrogens (tertiary/aromatic N) is 1. The van der Waals surface area contributed by atoms with Crippen molar-refractivity contribution in [3.63, 3.8) is 0 Å². The van der Waals surface area contributed by atoms with Crippen molar-refractivity contribution in [3.8, 4) is 6.07 Å². The molecule has 0 saturated carbocycles. The molecule has 2 heterocycles. The van der Waals surface area contributed by atoms with Gasteiger partial charge in [-0.1, -0.05) is 20.8 Å². The highest BCUT2D eigenvalue weighted by atomic mass is 32.1. The van der Waals surface area contributed by atoms with Crippen LogP contribution in [0.25, 0.3) is 0 Å². The SMILES string of the molecule is CCOC(=O)C(NC(=O)c1ccco1)(Nc1sc2c(c1C#N)CCC(C(C)(C)C)C2)C(F)(F)F. The fraction of sp³-hybridized carbons (Fsp3) is 0.522. The van der Waals surface area contributed by atoms with Gasteiger partial charge in [-0.05, 0) is 55.2 Å². The third-order valence-electron chi connectivity index (χ3n) is 5.96. The molecule has 184 valence electrons. The second-order valence-corrected chi connectivity index (χ2v) is 10.3. The van der Waals surface area contributed by atoms with Crippen molar-refractivity contribution < 1.29 is 31.9 Å². The van der Waals surface area contributed by atoms with Crippen molar-refractivity contribution in [2.45, 2.75) is 58.8 Å². The summed E-state index contributed by atoms with van der Waals surface area (Å²) in [6.07, 6.45) is -2.26. The molecule has 0 aliphatic heterocycles. The average Bonchev–Trinajstić information content (AvgIpc) is 3.39. The molecule has 0 saturated heterocycles. The van der Waals surface area contributed by atoms with Gasteiger partial charge in [0.2, 0.25) is 0 Å². The summed E-state index contributed by atoms with van der Waals surface area (Å²) in [5.41, 5.74) is -2.93. The number of amides is 1. The minimum Gasteiger partial charge on any atom is -0.463 e. The quantitative estimate of drug-likeness (QED) is 0.429. The molecule has 3 rings (SSSR count). The Hall–Kier alpha value is -3.00. The summed E-state index contributed by atoms with van der Waals surface area (Å²) in [7, 11) is 0. The van der Waals surface area contributed by atoms with Gasteiger partial charge in [0.15, 0.2) is 5.76 Å². The van der Waals surface area contributed by atoms with Crippen LogP contribution in [0.1, 0.15) is 60.7 Å². The number of esters is 1. The number of alkyl halides is 3. The monoisotopic (exact) mass is 497 g/mol. The Labute approximate surface area is 199 Å². The topological polar surface area (TPSA) is 104 Å². The van der Waals surface area contributed by atoms with Gasteiger partial charge < -0.3 is 19.8 Å². The molecule has 2 unspecified atom stereocenters. The first-order valence-corrected chi connectivity index (χ1v) is 11.6. The van der Waals surface area contributed by atoms with E-state index in [1.54, 1.807) is 5.32 Å². The number of nitrogens with one attached hydrogen (secondary N) is 2. The van der Waals surface area contributed by atoms with Crippen LogP contribution in [0, 0.1) is 22.7 Å². The highest BCUT2D eigenvalue weighted by Gasteiger charge is 2.64. The Kier molecular flexibility index (Phi) is 7.03. The van der Waals surface area contributed by atoms with Crippen LogP contribution in [0.3, 0.4) is 0 Å². The zero-order valence-electron chi connectivity index (χ0n) is 19.3. The lowest BCUT2D eigenvalue weighted by molar-refractivity contribution is -0.204. The van der Waals surface area contributed by atoms with Crippen LogP contribution in [0.2, 0.25) is 0 Å². The molecule has 0 spiro atoms. The first-order chi connectivity index (χ1) is 15.8. The van der Waals surface area contributed by atoms with Crippen molar-refractivity contribution in [2.24, 2.45) is 11.3 Å². The van der Waals surface area contributed by atoms with E-state index in [2.05, 4.69) is 26.1 Å². The van der Waals surface area contributed by atoms with Crippen molar-refractivity contribution in [3.05, 3.63) is 40.2 Å². The minimum absolute atomic E-state index is 0.0141. The van der Waals surface area contributed by atoms with E-state index in [0.29, 0.717) is 18.4 Å². The number of carbonyl (C=O) groups excluding carboxylic acids is 2. The standard InChI is InChI=1S/C23H26F3N3O4S/c1-5-32-20(31)22(23(24,25)26,28-18(30)16-7-6-10-33-16)29-19-15(12-27)14-9-8-13(21(2,3)4)11-17(14)34-19/h6-7,10,13,29H,5,8-9,11H2,1-4H3,(H,28,30). The van der Waals surface area contributed by atoms with Gasteiger partial charge in [-0.2, -0.15) is 18.4 Å². The molecule has 2 N–H and O–H groups in total. The molecular formula is C23H26F3N3O4S. The number of nitriles is 1. The summed E-state index contributed by atoms with van der Waals surface area (Å²) in [6.45, 7) is 7.29. The van der Waals surface area contributed by atoms with E-state index in [4.69, 9.17) is 9.15 Å². The molecule has 1 aliphatic carbocycles. The lowest BCUT2D eigenvalue weighted by Gasteiger charge is -2.34. The van der Waals surface area contributed by atoms with Crippen molar-refractivity contribution in [1.29, 1.82) is 5.26 Å². The summed E-state index contributed by atoms with van der Waals surface area (Å²) >= 11 is 0.993. The molecule has 2 aromatic heterocycles. The first-order valence-electron chi connectivity index (χ1n) is 10.8. The molecule has 0 fully saturated rings. The molecule has 0 radical (unpaired) electrons. The Morgan fingerprint density at radius 2 is 2.03 bits per heavy atom. The molecule has 2 aromatic rings. The third kappa shape index (κ3) is 4.78. The van der Waals surface area contributed by atoms with E-state index in [1.807, 2.05) is 6.07 Å². The number of halogens is 3. The summed E-state index contributed by atoms with van der Waals surface area (Å²) in [6, 6.07) is 4.47. The molecular weight excluding hydrogens is 471 g/mol. The number of fused-ring (bicyclic) bond motifs is 1. The smallest absolute Gasteiger partial charge is 0.441 e. The van der Waals surface area contributed by atoms with Crippen molar-refractivity contribution in [1.82, 2.24) is 5.32 Å². The van der Waals surface area contributed by atoms with Crippen LogP contribution in [-0.4, -0.2) is 30.3 Å². The molecule has 7 nitrogen and oxygen atoms in total. The van der Waals surface area contributed by atoms with E-state index in [-0.39, 0.29) is 28.5 Å². The molecule has 34 heavy (non-hydrogen) atoms. The predicted octanol–water partition coefficient (Wildman–Crippen LogP) is 5.03. The second-order valence-electron chi connectivity index (χ2n) is 9.15. The van der Waals surface area contributed by atoms with Gasteiger partial charge >= 0.3 is 17.8 Å². The Morgan fingerprint density at radius 3 is 2.56 bits per heavy atom. The fourth-order valence-corrected chi connectivity index (χ4v) is 5.30. The maximum Gasteiger partial charge on any atom is 0.441 e. The van der Waals surface area contributed by atoms with E-state index >= 15 is 0 Å². The summed E-state index contributed by atoms with van der Waals surface area (Å²) in [5.74, 6) is -3.14. The highest BCUT2D eigenvalue weighted by molar-refractivity contribution is 7.16. The molecule has 1 amide bonds. The van der Waals surface area contributed by atoms with Crippen LogP contribution in [0.5, 0.6) is 0 Å². The maximum absolute atomic E-state index is 14.5. The van der Waals surface area contributed by atoms with E-state index in [9.17, 15) is 28.0 Å². The minimum atomic E-state index is -5.31. The number of anilines is 1. The zero-order chi connectivity index (χ0) is 25.3. The first kappa shape index (κ1) is 25.6. The second kappa shape index (κ2) is 9.33. The van der Waals surface area contributed by atoms with Gasteiger partial charge in [-0.3, -0.25) is 4.79 Å².